The van der Waals surface area contributed by atoms with Gasteiger partial charge in [0.15, 0.2) is 0 Å². The predicted octanol–water partition coefficient (Wildman–Crippen LogP) is 3.04. The van der Waals surface area contributed by atoms with E-state index < -0.39 is 0 Å². The van der Waals surface area contributed by atoms with Gasteiger partial charge in [-0.3, -0.25) is 4.79 Å². The number of aryl methyl sites for hydroxylation is 2. The van der Waals surface area contributed by atoms with E-state index in [1.807, 2.05) is 0 Å². The zero-order valence-electron chi connectivity index (χ0n) is 11.6. The van der Waals surface area contributed by atoms with E-state index in [-0.39, 0.29) is 5.91 Å². The van der Waals surface area contributed by atoms with Crippen LogP contribution in [-0.2, 0) is 19.3 Å². The third-order valence-electron chi connectivity index (χ3n) is 3.47. The molecule has 0 saturated carbocycles. The van der Waals surface area contributed by atoms with Crippen LogP contribution in [0.2, 0.25) is 5.02 Å². The molecule has 2 heterocycles. The Bertz CT molecular complexity index is 615. The van der Waals surface area contributed by atoms with Gasteiger partial charge in [-0.1, -0.05) is 11.6 Å². The van der Waals surface area contributed by atoms with Gasteiger partial charge < -0.3 is 5.32 Å². The number of amides is 1. The molecule has 110 valence electrons. The molecule has 0 radical (unpaired) electrons. The van der Waals surface area contributed by atoms with Crippen molar-refractivity contribution in [2.24, 2.45) is 0 Å². The average molecular weight is 322 g/mol. The van der Waals surface area contributed by atoms with Gasteiger partial charge in [0.05, 0.1) is 15.7 Å². The predicted molar refractivity (Wildman–Crippen MR) is 84.0 cm³/mol. The fraction of sp³-hybridized carbons (Fsp3) is 0.400. The molecule has 0 aliphatic heterocycles. The molecule has 0 bridgehead atoms. The zero-order valence-corrected chi connectivity index (χ0v) is 13.1. The van der Waals surface area contributed by atoms with Crippen molar-refractivity contribution in [1.82, 2.24) is 15.3 Å². The summed E-state index contributed by atoms with van der Waals surface area (Å²) in [6.45, 7) is 0.579. The summed E-state index contributed by atoms with van der Waals surface area (Å²) in [6.07, 6.45) is 7.03. The molecule has 4 nitrogen and oxygen atoms in total. The summed E-state index contributed by atoms with van der Waals surface area (Å²) in [6, 6.07) is 3.29. The van der Waals surface area contributed by atoms with Gasteiger partial charge in [-0.15, -0.1) is 11.3 Å². The molecule has 0 fully saturated rings. The number of carbonyl (C=O) groups is 1. The van der Waals surface area contributed by atoms with E-state index >= 15 is 0 Å². The number of fused-ring (bicyclic) bond motifs is 1. The van der Waals surface area contributed by atoms with Crippen LogP contribution >= 0.6 is 22.9 Å². The number of carbonyl (C=O) groups excluding carboxylic acids is 1. The molecule has 1 amide bonds. The first-order chi connectivity index (χ1) is 10.2. The van der Waals surface area contributed by atoms with Crippen molar-refractivity contribution in [3.63, 3.8) is 0 Å². The lowest BCUT2D eigenvalue weighted by atomic mass is 10.0. The van der Waals surface area contributed by atoms with Gasteiger partial charge in [-0.25, -0.2) is 9.97 Å². The smallest absolute Gasteiger partial charge is 0.269 e. The molecule has 0 aromatic carbocycles. The number of hydrogen-bond donors (Lipinski definition) is 1. The summed E-state index contributed by atoms with van der Waals surface area (Å²) in [5.41, 5.74) is 1.66. The first-order valence-corrected chi connectivity index (χ1v) is 8.29. The van der Waals surface area contributed by atoms with Crippen LogP contribution in [-0.4, -0.2) is 22.4 Å². The summed E-state index contributed by atoms with van der Waals surface area (Å²) in [7, 11) is 0. The van der Waals surface area contributed by atoms with Gasteiger partial charge in [0.25, 0.3) is 5.91 Å². The van der Waals surface area contributed by atoms with Crippen molar-refractivity contribution in [3.8, 4) is 0 Å². The number of thiazole rings is 1. The summed E-state index contributed by atoms with van der Waals surface area (Å²) in [4.78, 5) is 22.0. The van der Waals surface area contributed by atoms with Gasteiger partial charge in [0.2, 0.25) is 0 Å². The van der Waals surface area contributed by atoms with Gasteiger partial charge in [0.1, 0.15) is 5.69 Å². The van der Waals surface area contributed by atoms with Gasteiger partial charge in [-0.2, -0.15) is 0 Å². The molecule has 1 aliphatic rings. The highest BCUT2D eigenvalue weighted by Gasteiger charge is 2.15. The fourth-order valence-electron chi connectivity index (χ4n) is 2.40. The molecular weight excluding hydrogens is 306 g/mol. The number of nitrogens with one attached hydrogen (secondary N) is 1. The van der Waals surface area contributed by atoms with E-state index in [2.05, 4.69) is 15.3 Å². The van der Waals surface area contributed by atoms with Crippen molar-refractivity contribution >= 4 is 28.8 Å². The average Bonchev–Trinajstić information content (AvgIpc) is 2.90. The van der Waals surface area contributed by atoms with E-state index in [0.717, 1.165) is 24.3 Å². The van der Waals surface area contributed by atoms with Gasteiger partial charge in [0, 0.05) is 24.0 Å². The number of pyridine rings is 1. The molecule has 1 N–H and O–H groups in total. The molecule has 0 saturated heterocycles. The molecule has 1 aliphatic carbocycles. The van der Waals surface area contributed by atoms with Crippen LogP contribution in [0.4, 0.5) is 0 Å². The largest absolute Gasteiger partial charge is 0.350 e. The van der Waals surface area contributed by atoms with E-state index in [9.17, 15) is 4.79 Å². The Morgan fingerprint density at radius 2 is 2.19 bits per heavy atom. The number of hydrogen-bond acceptors (Lipinski definition) is 4. The SMILES string of the molecule is O=C(NCCc1nc2c(s1)CCCC2)c1ccc(Cl)cn1. The normalized spacial score (nSPS) is 13.8. The Morgan fingerprint density at radius 3 is 2.95 bits per heavy atom. The second-order valence-electron chi connectivity index (χ2n) is 5.05. The third-order valence-corrected chi connectivity index (χ3v) is 4.92. The summed E-state index contributed by atoms with van der Waals surface area (Å²) in [5, 5.41) is 4.51. The number of nitrogens with zero attached hydrogens (tertiary/aromatic N) is 2. The molecule has 0 spiro atoms. The molecule has 21 heavy (non-hydrogen) atoms. The zero-order chi connectivity index (χ0) is 14.7. The van der Waals surface area contributed by atoms with Crippen LogP contribution < -0.4 is 5.32 Å². The molecule has 6 heteroatoms. The quantitative estimate of drug-likeness (QED) is 0.941. The maximum atomic E-state index is 11.9. The Hall–Kier alpha value is -1.46. The van der Waals surface area contributed by atoms with Crippen molar-refractivity contribution in [3.05, 3.63) is 44.6 Å². The second kappa shape index (κ2) is 6.54. The standard InChI is InChI=1S/C15H16ClN3OS/c16-10-5-6-12(18-9-10)15(20)17-8-7-14-19-11-3-1-2-4-13(11)21-14/h5-6,9H,1-4,7-8H2,(H,17,20). The topological polar surface area (TPSA) is 54.9 Å². The van der Waals surface area contributed by atoms with Crippen molar-refractivity contribution in [2.75, 3.05) is 6.54 Å². The van der Waals surface area contributed by atoms with E-state index in [1.54, 1.807) is 23.5 Å². The maximum Gasteiger partial charge on any atom is 0.269 e. The van der Waals surface area contributed by atoms with Crippen LogP contribution in [0.5, 0.6) is 0 Å². The third kappa shape index (κ3) is 3.60. The minimum Gasteiger partial charge on any atom is -0.350 e. The molecule has 0 unspecified atom stereocenters. The van der Waals surface area contributed by atoms with E-state index in [4.69, 9.17) is 11.6 Å². The lowest BCUT2D eigenvalue weighted by molar-refractivity contribution is 0.0949. The summed E-state index contributed by atoms with van der Waals surface area (Å²) >= 11 is 7.54. The number of halogens is 1. The van der Waals surface area contributed by atoms with Crippen LogP contribution in [0.25, 0.3) is 0 Å². The van der Waals surface area contributed by atoms with E-state index in [1.165, 1.54) is 29.6 Å². The number of aromatic nitrogens is 2. The van der Waals surface area contributed by atoms with Gasteiger partial charge >= 0.3 is 0 Å². The molecule has 3 rings (SSSR count). The second-order valence-corrected chi connectivity index (χ2v) is 6.66. The Balaban J connectivity index is 1.52. The molecule has 2 aromatic rings. The Kier molecular flexibility index (Phi) is 4.51. The minimum atomic E-state index is -0.173. The van der Waals surface area contributed by atoms with Gasteiger partial charge in [-0.05, 0) is 37.8 Å². The van der Waals surface area contributed by atoms with Crippen LogP contribution in [0.15, 0.2) is 18.3 Å². The summed E-state index contributed by atoms with van der Waals surface area (Å²) < 4.78 is 0. The van der Waals surface area contributed by atoms with Crippen molar-refractivity contribution in [2.45, 2.75) is 32.1 Å². The van der Waals surface area contributed by atoms with Crippen molar-refractivity contribution in [1.29, 1.82) is 0 Å². The maximum absolute atomic E-state index is 11.9. The Morgan fingerprint density at radius 1 is 1.33 bits per heavy atom. The highest BCUT2D eigenvalue weighted by Crippen LogP contribution is 2.26. The van der Waals surface area contributed by atoms with Crippen LogP contribution in [0, 0.1) is 0 Å². The monoisotopic (exact) mass is 321 g/mol. The molecule has 2 aromatic heterocycles. The highest BCUT2D eigenvalue weighted by molar-refractivity contribution is 7.11. The van der Waals surface area contributed by atoms with Crippen LogP contribution in [0.3, 0.4) is 0 Å². The summed E-state index contributed by atoms with van der Waals surface area (Å²) in [5.74, 6) is -0.173. The lowest BCUT2D eigenvalue weighted by Crippen LogP contribution is -2.26. The molecule has 0 atom stereocenters. The van der Waals surface area contributed by atoms with Crippen molar-refractivity contribution < 1.29 is 4.79 Å². The number of rotatable bonds is 4. The highest BCUT2D eigenvalue weighted by atomic mass is 35.5. The first-order valence-electron chi connectivity index (χ1n) is 7.09. The van der Waals surface area contributed by atoms with E-state index in [0.29, 0.717) is 17.3 Å². The fourth-order valence-corrected chi connectivity index (χ4v) is 3.66. The first kappa shape index (κ1) is 14.5. The Labute approximate surface area is 132 Å². The molecular formula is C15H16ClN3OS. The van der Waals surface area contributed by atoms with Crippen LogP contribution in [0.1, 0.15) is 38.9 Å². The lowest BCUT2D eigenvalue weighted by Gasteiger charge is -2.06. The minimum absolute atomic E-state index is 0.173.